The SMILES string of the molecule is CC1CCCN(CC(N)C(=O)O)C1=O. The number of nitrogens with two attached hydrogens (primary N) is 1. The largest absolute Gasteiger partial charge is 0.480 e. The van der Waals surface area contributed by atoms with Gasteiger partial charge in [-0.3, -0.25) is 9.59 Å². The first-order valence-corrected chi connectivity index (χ1v) is 4.79. The summed E-state index contributed by atoms with van der Waals surface area (Å²) in [5.74, 6) is -1.03. The van der Waals surface area contributed by atoms with E-state index >= 15 is 0 Å². The van der Waals surface area contributed by atoms with Gasteiger partial charge in [-0.25, -0.2) is 0 Å². The van der Waals surface area contributed by atoms with Gasteiger partial charge in [0.25, 0.3) is 0 Å². The molecule has 2 atom stereocenters. The monoisotopic (exact) mass is 200 g/mol. The summed E-state index contributed by atoms with van der Waals surface area (Å²) in [7, 11) is 0. The third-order valence-electron chi connectivity index (χ3n) is 2.53. The third kappa shape index (κ3) is 2.45. The minimum Gasteiger partial charge on any atom is -0.480 e. The van der Waals surface area contributed by atoms with E-state index in [9.17, 15) is 9.59 Å². The lowest BCUT2D eigenvalue weighted by Crippen LogP contribution is -2.48. The Labute approximate surface area is 82.9 Å². The number of piperidine rings is 1. The average molecular weight is 200 g/mol. The van der Waals surface area contributed by atoms with Gasteiger partial charge in [-0.1, -0.05) is 6.92 Å². The highest BCUT2D eigenvalue weighted by atomic mass is 16.4. The van der Waals surface area contributed by atoms with Crippen LogP contribution in [-0.2, 0) is 9.59 Å². The molecule has 0 spiro atoms. The molecule has 1 fully saturated rings. The van der Waals surface area contributed by atoms with E-state index in [1.165, 1.54) is 0 Å². The molecule has 1 saturated heterocycles. The number of nitrogens with zero attached hydrogens (tertiary/aromatic N) is 1. The van der Waals surface area contributed by atoms with Gasteiger partial charge >= 0.3 is 5.97 Å². The zero-order valence-corrected chi connectivity index (χ0v) is 8.27. The summed E-state index contributed by atoms with van der Waals surface area (Å²) in [6.07, 6.45) is 1.82. The van der Waals surface area contributed by atoms with E-state index in [1.807, 2.05) is 6.92 Å². The highest BCUT2D eigenvalue weighted by molar-refractivity contribution is 5.80. The molecule has 14 heavy (non-hydrogen) atoms. The number of carboxylic acid groups (broad SMARTS) is 1. The van der Waals surface area contributed by atoms with E-state index in [-0.39, 0.29) is 18.4 Å². The van der Waals surface area contributed by atoms with Gasteiger partial charge in [0.1, 0.15) is 6.04 Å². The zero-order valence-electron chi connectivity index (χ0n) is 8.27. The highest BCUT2D eigenvalue weighted by Crippen LogP contribution is 2.16. The Balaban J connectivity index is 2.51. The molecule has 1 rings (SSSR count). The van der Waals surface area contributed by atoms with Crippen molar-refractivity contribution in [2.45, 2.75) is 25.8 Å². The molecule has 3 N–H and O–H groups in total. The van der Waals surface area contributed by atoms with Gasteiger partial charge in [-0.15, -0.1) is 0 Å². The molecular formula is C9H16N2O3. The first-order valence-electron chi connectivity index (χ1n) is 4.79. The highest BCUT2D eigenvalue weighted by Gasteiger charge is 2.27. The molecule has 0 radical (unpaired) electrons. The molecule has 0 aliphatic carbocycles. The number of hydrogen-bond donors (Lipinski definition) is 2. The van der Waals surface area contributed by atoms with Crippen LogP contribution in [-0.4, -0.2) is 41.0 Å². The maximum Gasteiger partial charge on any atom is 0.322 e. The summed E-state index contributed by atoms with van der Waals surface area (Å²) in [6.45, 7) is 2.61. The number of hydrogen-bond acceptors (Lipinski definition) is 3. The third-order valence-corrected chi connectivity index (χ3v) is 2.53. The predicted molar refractivity (Wildman–Crippen MR) is 50.6 cm³/mol. The topological polar surface area (TPSA) is 83.6 Å². The Bertz CT molecular complexity index is 242. The number of carbonyl (C=O) groups excluding carboxylic acids is 1. The van der Waals surface area contributed by atoms with Crippen LogP contribution in [0.25, 0.3) is 0 Å². The summed E-state index contributed by atoms with van der Waals surface area (Å²) < 4.78 is 0. The van der Waals surface area contributed by atoms with Gasteiger partial charge in [0.15, 0.2) is 0 Å². The van der Waals surface area contributed by atoms with Crippen LogP contribution in [0.15, 0.2) is 0 Å². The molecule has 0 aromatic rings. The van der Waals surface area contributed by atoms with Gasteiger partial charge in [-0.05, 0) is 12.8 Å². The van der Waals surface area contributed by atoms with Crippen LogP contribution in [0.1, 0.15) is 19.8 Å². The Hall–Kier alpha value is -1.10. The number of likely N-dealkylation sites (tertiary alicyclic amines) is 1. The van der Waals surface area contributed by atoms with Crippen molar-refractivity contribution in [3.05, 3.63) is 0 Å². The Morgan fingerprint density at radius 1 is 1.79 bits per heavy atom. The van der Waals surface area contributed by atoms with Crippen molar-refractivity contribution in [1.82, 2.24) is 4.90 Å². The number of rotatable bonds is 3. The first-order chi connectivity index (χ1) is 6.52. The number of amides is 1. The van der Waals surface area contributed by atoms with Crippen molar-refractivity contribution in [2.24, 2.45) is 11.7 Å². The Morgan fingerprint density at radius 2 is 2.43 bits per heavy atom. The Morgan fingerprint density at radius 3 is 3.00 bits per heavy atom. The summed E-state index contributed by atoms with van der Waals surface area (Å²) in [5, 5.41) is 8.60. The van der Waals surface area contributed by atoms with E-state index < -0.39 is 12.0 Å². The van der Waals surface area contributed by atoms with Crippen molar-refractivity contribution in [1.29, 1.82) is 0 Å². The fraction of sp³-hybridized carbons (Fsp3) is 0.778. The van der Waals surface area contributed by atoms with Gasteiger partial charge in [0.2, 0.25) is 5.91 Å². The molecule has 0 aromatic carbocycles. The van der Waals surface area contributed by atoms with Crippen LogP contribution >= 0.6 is 0 Å². The van der Waals surface area contributed by atoms with E-state index in [0.717, 1.165) is 12.8 Å². The molecule has 0 aromatic heterocycles. The van der Waals surface area contributed by atoms with Crippen molar-refractivity contribution in [3.63, 3.8) is 0 Å². The molecule has 1 aliphatic rings. The van der Waals surface area contributed by atoms with Crippen LogP contribution in [0, 0.1) is 5.92 Å². The summed E-state index contributed by atoms with van der Waals surface area (Å²) in [4.78, 5) is 23.6. The molecule has 5 nitrogen and oxygen atoms in total. The van der Waals surface area contributed by atoms with E-state index in [1.54, 1.807) is 4.90 Å². The number of carbonyl (C=O) groups is 2. The van der Waals surface area contributed by atoms with Gasteiger partial charge < -0.3 is 15.7 Å². The van der Waals surface area contributed by atoms with Crippen LogP contribution in [0.3, 0.4) is 0 Å². The standard InChI is InChI=1S/C9H16N2O3/c1-6-3-2-4-11(8(6)12)5-7(10)9(13)14/h6-7H,2-5,10H2,1H3,(H,13,14). The fourth-order valence-electron chi connectivity index (χ4n) is 1.63. The Kier molecular flexibility index (Phi) is 3.46. The minimum atomic E-state index is -1.06. The molecule has 1 aliphatic heterocycles. The molecule has 5 heteroatoms. The summed E-state index contributed by atoms with van der Waals surface area (Å²) in [6, 6.07) is -0.968. The molecular weight excluding hydrogens is 184 g/mol. The van der Waals surface area contributed by atoms with E-state index in [2.05, 4.69) is 0 Å². The lowest BCUT2D eigenvalue weighted by atomic mass is 9.99. The quantitative estimate of drug-likeness (QED) is 0.652. The normalized spacial score (nSPS) is 24.9. The second-order valence-electron chi connectivity index (χ2n) is 3.77. The molecule has 2 unspecified atom stereocenters. The molecule has 0 saturated carbocycles. The van der Waals surface area contributed by atoms with Crippen molar-refractivity contribution >= 4 is 11.9 Å². The van der Waals surface area contributed by atoms with Gasteiger partial charge in [0, 0.05) is 19.0 Å². The smallest absolute Gasteiger partial charge is 0.322 e. The predicted octanol–water partition coefficient (Wildman–Crippen LogP) is -0.343. The number of aliphatic carboxylic acids is 1. The first kappa shape index (κ1) is 11.0. The van der Waals surface area contributed by atoms with E-state index in [0.29, 0.717) is 6.54 Å². The molecule has 0 bridgehead atoms. The van der Waals surface area contributed by atoms with Crippen molar-refractivity contribution < 1.29 is 14.7 Å². The molecule has 1 heterocycles. The van der Waals surface area contributed by atoms with Crippen molar-refractivity contribution in [3.8, 4) is 0 Å². The number of carboxylic acids is 1. The second-order valence-corrected chi connectivity index (χ2v) is 3.77. The second kappa shape index (κ2) is 4.41. The lowest BCUT2D eigenvalue weighted by Gasteiger charge is -2.31. The lowest BCUT2D eigenvalue weighted by molar-refractivity contribution is -0.142. The van der Waals surface area contributed by atoms with Crippen LogP contribution in [0.5, 0.6) is 0 Å². The maximum atomic E-state index is 11.6. The molecule has 1 amide bonds. The minimum absolute atomic E-state index is 0.00439. The summed E-state index contributed by atoms with van der Waals surface area (Å²) >= 11 is 0. The van der Waals surface area contributed by atoms with Crippen molar-refractivity contribution in [2.75, 3.05) is 13.1 Å². The van der Waals surface area contributed by atoms with Gasteiger partial charge in [0.05, 0.1) is 0 Å². The van der Waals surface area contributed by atoms with Gasteiger partial charge in [-0.2, -0.15) is 0 Å². The molecule has 80 valence electrons. The van der Waals surface area contributed by atoms with E-state index in [4.69, 9.17) is 10.8 Å². The maximum absolute atomic E-state index is 11.6. The fourth-order valence-corrected chi connectivity index (χ4v) is 1.63. The zero-order chi connectivity index (χ0) is 10.7. The van der Waals surface area contributed by atoms with Crippen LogP contribution in [0.4, 0.5) is 0 Å². The van der Waals surface area contributed by atoms with Crippen LogP contribution < -0.4 is 5.73 Å². The summed E-state index contributed by atoms with van der Waals surface area (Å²) in [5.41, 5.74) is 5.36. The van der Waals surface area contributed by atoms with Crippen LogP contribution in [0.2, 0.25) is 0 Å². The average Bonchev–Trinajstić information content (AvgIpc) is 2.12.